The van der Waals surface area contributed by atoms with Crippen LogP contribution in [0.4, 0.5) is 8.78 Å². The Morgan fingerprint density at radius 3 is 2.38 bits per heavy atom. The van der Waals surface area contributed by atoms with Crippen LogP contribution < -0.4 is 5.32 Å². The predicted molar refractivity (Wildman–Crippen MR) is 44.5 cm³/mol. The van der Waals surface area contributed by atoms with Crippen LogP contribution in [0.3, 0.4) is 0 Å². The number of ether oxygens (including phenoxy) is 1. The van der Waals surface area contributed by atoms with Crippen LogP contribution in [-0.4, -0.2) is 31.7 Å². The maximum Gasteiger partial charge on any atom is 0.261 e. The molecule has 76 valence electrons. The van der Waals surface area contributed by atoms with Crippen LogP contribution in [0.15, 0.2) is 0 Å². The Bertz CT molecular complexity index is 168. The second-order valence-electron chi connectivity index (χ2n) is 2.93. The van der Waals surface area contributed by atoms with E-state index in [0.717, 1.165) is 0 Å². The van der Waals surface area contributed by atoms with Gasteiger partial charge in [-0.1, -0.05) is 0 Å². The van der Waals surface area contributed by atoms with Gasteiger partial charge in [-0.3, -0.25) is 5.32 Å². The van der Waals surface area contributed by atoms with Crippen molar-refractivity contribution in [3.63, 3.8) is 0 Å². The minimum atomic E-state index is -2.47. The van der Waals surface area contributed by atoms with E-state index in [0.29, 0.717) is 0 Å². The molecule has 1 atom stereocenters. The van der Waals surface area contributed by atoms with E-state index in [4.69, 9.17) is 5.26 Å². The Morgan fingerprint density at radius 1 is 1.38 bits per heavy atom. The Hall–Kier alpha value is -0.730. The van der Waals surface area contributed by atoms with Crippen molar-refractivity contribution < 1.29 is 13.5 Å². The molecule has 0 heterocycles. The highest BCUT2D eigenvalue weighted by Gasteiger charge is 2.10. The Kier molecular flexibility index (Phi) is 6.37. The summed E-state index contributed by atoms with van der Waals surface area (Å²) >= 11 is 0. The topological polar surface area (TPSA) is 45.0 Å². The summed E-state index contributed by atoms with van der Waals surface area (Å²) in [5.41, 5.74) is 0. The lowest BCUT2D eigenvalue weighted by Gasteiger charge is -2.14. The van der Waals surface area contributed by atoms with Gasteiger partial charge in [0, 0.05) is 6.04 Å². The Morgan fingerprint density at radius 2 is 2.00 bits per heavy atom. The summed E-state index contributed by atoms with van der Waals surface area (Å²) in [5, 5.41) is 11.4. The van der Waals surface area contributed by atoms with E-state index in [2.05, 4.69) is 10.1 Å². The van der Waals surface area contributed by atoms with E-state index in [1.54, 1.807) is 0 Å². The highest BCUT2D eigenvalue weighted by atomic mass is 19.3. The minimum absolute atomic E-state index is 0.000972. The molecular weight excluding hydrogens is 178 g/mol. The molecule has 0 aliphatic carbocycles. The second kappa shape index (κ2) is 6.75. The summed E-state index contributed by atoms with van der Waals surface area (Å²) in [6, 6.07) is 1.55. The monoisotopic (exact) mass is 192 g/mol. The zero-order valence-electron chi connectivity index (χ0n) is 7.76. The number of rotatable bonds is 6. The fraction of sp³-hybridized carbons (Fsp3) is 0.875. The zero-order valence-corrected chi connectivity index (χ0v) is 7.76. The quantitative estimate of drug-likeness (QED) is 0.686. The number of halogens is 2. The molecule has 0 radical (unpaired) electrons. The van der Waals surface area contributed by atoms with E-state index >= 15 is 0 Å². The second-order valence-corrected chi connectivity index (χ2v) is 2.93. The summed E-state index contributed by atoms with van der Waals surface area (Å²) in [6.45, 7) is 3.13. The largest absolute Gasteiger partial charge is 0.373 e. The van der Waals surface area contributed by atoms with E-state index in [9.17, 15) is 8.78 Å². The van der Waals surface area contributed by atoms with Gasteiger partial charge in [-0.15, -0.1) is 0 Å². The molecule has 0 fully saturated rings. The maximum atomic E-state index is 11.6. The molecule has 0 aromatic heterocycles. The molecule has 0 saturated heterocycles. The molecule has 0 aliphatic rings. The molecule has 0 aromatic rings. The minimum Gasteiger partial charge on any atom is -0.373 e. The van der Waals surface area contributed by atoms with E-state index < -0.39 is 19.1 Å². The van der Waals surface area contributed by atoms with Crippen molar-refractivity contribution in [1.29, 1.82) is 5.26 Å². The number of nitrogens with one attached hydrogen (secondary N) is 1. The summed E-state index contributed by atoms with van der Waals surface area (Å²) in [6.07, 6.45) is -2.47. The summed E-state index contributed by atoms with van der Waals surface area (Å²) in [5.74, 6) is 0. The van der Waals surface area contributed by atoms with Crippen molar-refractivity contribution in [2.45, 2.75) is 32.4 Å². The molecule has 0 aliphatic heterocycles. The van der Waals surface area contributed by atoms with Gasteiger partial charge in [0.05, 0.1) is 12.7 Å². The smallest absolute Gasteiger partial charge is 0.261 e. The van der Waals surface area contributed by atoms with Crippen molar-refractivity contribution in [3.8, 4) is 6.07 Å². The van der Waals surface area contributed by atoms with Crippen LogP contribution in [-0.2, 0) is 4.74 Å². The highest BCUT2D eigenvalue weighted by molar-refractivity contribution is 4.90. The number of hydrogen-bond acceptors (Lipinski definition) is 3. The van der Waals surface area contributed by atoms with Crippen molar-refractivity contribution in [2.24, 2.45) is 0 Å². The van der Waals surface area contributed by atoms with Gasteiger partial charge >= 0.3 is 0 Å². The summed E-state index contributed by atoms with van der Waals surface area (Å²) in [4.78, 5) is 0. The van der Waals surface area contributed by atoms with E-state index in [1.165, 1.54) is 0 Å². The van der Waals surface area contributed by atoms with Gasteiger partial charge in [0.1, 0.15) is 12.6 Å². The molecule has 0 aromatic carbocycles. The first-order valence-corrected chi connectivity index (χ1v) is 4.07. The average molecular weight is 192 g/mol. The lowest BCUT2D eigenvalue weighted by atomic mass is 10.3. The van der Waals surface area contributed by atoms with Gasteiger partial charge in [-0.2, -0.15) is 5.26 Å². The van der Waals surface area contributed by atoms with Crippen molar-refractivity contribution in [1.82, 2.24) is 5.32 Å². The molecule has 13 heavy (non-hydrogen) atoms. The average Bonchev–Trinajstić information content (AvgIpc) is 2.01. The lowest BCUT2D eigenvalue weighted by molar-refractivity contribution is 0.0133. The van der Waals surface area contributed by atoms with Gasteiger partial charge in [0.2, 0.25) is 0 Å². The number of alkyl halides is 2. The summed E-state index contributed by atoms with van der Waals surface area (Å²) in [7, 11) is 0. The molecule has 0 saturated carbocycles. The fourth-order valence-corrected chi connectivity index (χ4v) is 0.800. The number of nitrogens with zero attached hydrogens (tertiary/aromatic N) is 1. The Labute approximate surface area is 76.7 Å². The molecule has 0 spiro atoms. The molecule has 1 unspecified atom stereocenters. The first-order valence-electron chi connectivity index (χ1n) is 4.07. The van der Waals surface area contributed by atoms with Crippen molar-refractivity contribution >= 4 is 0 Å². The molecule has 0 bridgehead atoms. The molecule has 5 heteroatoms. The van der Waals surface area contributed by atoms with Gasteiger partial charge in [-0.05, 0) is 13.8 Å². The molecule has 0 amide bonds. The first-order chi connectivity index (χ1) is 6.06. The normalized spacial score (nSPS) is 13.3. The third-order valence-electron chi connectivity index (χ3n) is 1.22. The van der Waals surface area contributed by atoms with Gasteiger partial charge in [-0.25, -0.2) is 8.78 Å². The van der Waals surface area contributed by atoms with E-state index in [-0.39, 0.29) is 12.6 Å². The van der Waals surface area contributed by atoms with Crippen LogP contribution in [0.2, 0.25) is 0 Å². The maximum absolute atomic E-state index is 11.6. The van der Waals surface area contributed by atoms with Crippen LogP contribution in [0.5, 0.6) is 0 Å². The molecule has 1 N–H and O–H groups in total. The van der Waals surface area contributed by atoms with Crippen LogP contribution in [0.1, 0.15) is 13.8 Å². The fourth-order valence-electron chi connectivity index (χ4n) is 0.800. The first kappa shape index (κ1) is 12.3. The molecular formula is C8H14F2N2O. The Balaban J connectivity index is 3.56. The standard InChI is InChI=1S/C8H14F2N2O/c1-6(2)12-7(3-11)4-13-5-8(9)10/h6-8,12H,4-5H2,1-2H3. The van der Waals surface area contributed by atoms with Gasteiger partial charge in [0.25, 0.3) is 6.43 Å². The van der Waals surface area contributed by atoms with E-state index in [1.807, 2.05) is 19.9 Å². The zero-order chi connectivity index (χ0) is 10.3. The van der Waals surface area contributed by atoms with Crippen molar-refractivity contribution in [2.75, 3.05) is 13.2 Å². The SMILES string of the molecule is CC(C)NC(C#N)COCC(F)F. The van der Waals surface area contributed by atoms with Gasteiger partial charge in [0.15, 0.2) is 0 Å². The highest BCUT2D eigenvalue weighted by Crippen LogP contribution is 1.94. The lowest BCUT2D eigenvalue weighted by Crippen LogP contribution is -2.37. The summed E-state index contributed by atoms with van der Waals surface area (Å²) < 4.78 is 27.9. The van der Waals surface area contributed by atoms with Gasteiger partial charge < -0.3 is 4.74 Å². The number of hydrogen-bond donors (Lipinski definition) is 1. The molecule has 0 rings (SSSR count). The van der Waals surface area contributed by atoms with Crippen molar-refractivity contribution in [3.05, 3.63) is 0 Å². The van der Waals surface area contributed by atoms with Crippen LogP contribution in [0, 0.1) is 11.3 Å². The third kappa shape index (κ3) is 7.62. The third-order valence-corrected chi connectivity index (χ3v) is 1.22. The number of nitriles is 1. The predicted octanol–water partition coefficient (Wildman–Crippen LogP) is 1.16. The van der Waals surface area contributed by atoms with Crippen LogP contribution in [0.25, 0.3) is 0 Å². The van der Waals surface area contributed by atoms with Crippen LogP contribution >= 0.6 is 0 Å². The molecule has 3 nitrogen and oxygen atoms in total.